The molecule has 1 atom stereocenters. The largest absolute Gasteiger partial charge is 0.481 e. The molecule has 0 aromatic carbocycles. The van der Waals surface area contributed by atoms with E-state index in [9.17, 15) is 14.4 Å². The van der Waals surface area contributed by atoms with Crippen molar-refractivity contribution in [2.75, 3.05) is 6.61 Å². The quantitative estimate of drug-likeness (QED) is 0.611. The number of hydrogen-bond donors (Lipinski definition) is 2. The average molecular weight is 447 g/mol. The van der Waals surface area contributed by atoms with Crippen LogP contribution in [0.5, 0.6) is 0 Å². The van der Waals surface area contributed by atoms with Gasteiger partial charge in [-0.3, -0.25) is 18.7 Å². The molecule has 0 aliphatic heterocycles. The molecule has 3 aliphatic carbocycles. The number of nitrogens with zero attached hydrogens (tertiary/aromatic N) is 3. The molecule has 0 amide bonds. The molecule has 2 aromatic rings. The number of nitrogens with one attached hydrogen (secondary N) is 1. The molecule has 2 N–H and O–H groups in total. The van der Waals surface area contributed by atoms with Crippen molar-refractivity contribution in [2.24, 2.45) is 5.92 Å². The number of carbonyl (C=O) groups is 1. The van der Waals surface area contributed by atoms with Crippen LogP contribution in [0.2, 0.25) is 0 Å². The molecule has 0 spiro atoms. The number of imidazole rings is 1. The standard InChI is InChI=1S/C23H34N4O5/c1-4-12-26-17-16(18(28)27(13-5-2)21(26)31)24-20(25-17)22-6-9-23(10-7-22,11-8-22)32-14-15(3)19(29)30/h15H,4-14H2,1-3H3,(H,24,25)(H,29,30). The second-order valence-electron chi connectivity index (χ2n) is 9.69. The van der Waals surface area contributed by atoms with E-state index < -0.39 is 11.9 Å². The lowest BCUT2D eigenvalue weighted by molar-refractivity contribution is -0.154. The summed E-state index contributed by atoms with van der Waals surface area (Å²) in [6, 6.07) is 0. The van der Waals surface area contributed by atoms with Gasteiger partial charge in [0.2, 0.25) is 0 Å². The first-order chi connectivity index (χ1) is 15.3. The van der Waals surface area contributed by atoms with Crippen LogP contribution in [0.15, 0.2) is 9.59 Å². The summed E-state index contributed by atoms with van der Waals surface area (Å²) in [6.45, 7) is 6.78. The Labute approximate surface area is 186 Å². The van der Waals surface area contributed by atoms with Crippen molar-refractivity contribution in [2.45, 2.75) is 96.2 Å². The molecule has 2 aromatic heterocycles. The minimum Gasteiger partial charge on any atom is -0.481 e. The summed E-state index contributed by atoms with van der Waals surface area (Å²) in [5.74, 6) is -0.555. The first-order valence-corrected chi connectivity index (χ1v) is 11.9. The molecule has 3 aliphatic rings. The van der Waals surface area contributed by atoms with Gasteiger partial charge in [0.25, 0.3) is 5.56 Å². The molecule has 1 unspecified atom stereocenters. The van der Waals surface area contributed by atoms with Crippen LogP contribution < -0.4 is 11.2 Å². The van der Waals surface area contributed by atoms with Crippen LogP contribution in [-0.2, 0) is 28.0 Å². The molecule has 3 fully saturated rings. The van der Waals surface area contributed by atoms with Crippen molar-refractivity contribution in [3.63, 3.8) is 0 Å². The first kappa shape index (κ1) is 22.8. The van der Waals surface area contributed by atoms with E-state index in [1.165, 1.54) is 4.57 Å². The molecule has 5 rings (SSSR count). The summed E-state index contributed by atoms with van der Waals surface area (Å²) in [7, 11) is 0. The highest BCUT2D eigenvalue weighted by Gasteiger charge is 2.51. The number of aromatic nitrogens is 4. The van der Waals surface area contributed by atoms with E-state index in [-0.39, 0.29) is 28.9 Å². The van der Waals surface area contributed by atoms with Crippen LogP contribution in [0.1, 0.15) is 78.0 Å². The molecule has 0 radical (unpaired) electrons. The normalized spacial score (nSPS) is 26.0. The van der Waals surface area contributed by atoms with E-state index in [1.54, 1.807) is 11.5 Å². The van der Waals surface area contributed by atoms with Gasteiger partial charge in [-0.2, -0.15) is 0 Å². The van der Waals surface area contributed by atoms with Gasteiger partial charge in [-0.1, -0.05) is 13.8 Å². The molecule has 9 heteroatoms. The Morgan fingerprint density at radius 1 is 1.09 bits per heavy atom. The molecular formula is C23H34N4O5. The van der Waals surface area contributed by atoms with Crippen molar-refractivity contribution in [1.29, 1.82) is 0 Å². The minimum absolute atomic E-state index is 0.155. The monoisotopic (exact) mass is 446 g/mol. The number of hydrogen-bond acceptors (Lipinski definition) is 5. The second kappa shape index (κ2) is 8.50. The SMILES string of the molecule is CCCn1c(=O)c2[nH]c(C34CCC(OCC(C)C(=O)O)(CC3)CC4)nc2n(CCC)c1=O. The Balaban J connectivity index is 1.65. The number of ether oxygens (including phenoxy) is 1. The van der Waals surface area contributed by atoms with Gasteiger partial charge in [0, 0.05) is 18.5 Å². The van der Waals surface area contributed by atoms with Gasteiger partial charge in [-0.25, -0.2) is 9.78 Å². The molecular weight excluding hydrogens is 412 g/mol. The third-order valence-corrected chi connectivity index (χ3v) is 7.50. The van der Waals surface area contributed by atoms with Crippen molar-refractivity contribution in [1.82, 2.24) is 19.1 Å². The predicted molar refractivity (Wildman–Crippen MR) is 120 cm³/mol. The summed E-state index contributed by atoms with van der Waals surface area (Å²) in [4.78, 5) is 45.3. The fourth-order valence-corrected chi connectivity index (χ4v) is 5.36. The zero-order valence-electron chi connectivity index (χ0n) is 19.3. The van der Waals surface area contributed by atoms with Crippen LogP contribution in [0.3, 0.4) is 0 Å². The Bertz CT molecular complexity index is 1100. The number of rotatable bonds is 9. The number of aryl methyl sites for hydroxylation is 1. The Morgan fingerprint density at radius 3 is 2.25 bits per heavy atom. The van der Waals surface area contributed by atoms with Gasteiger partial charge < -0.3 is 14.8 Å². The Morgan fingerprint density at radius 2 is 1.69 bits per heavy atom. The van der Waals surface area contributed by atoms with Gasteiger partial charge in [0.15, 0.2) is 5.65 Å². The maximum absolute atomic E-state index is 13.1. The van der Waals surface area contributed by atoms with E-state index in [1.807, 2.05) is 13.8 Å². The van der Waals surface area contributed by atoms with E-state index in [0.717, 1.165) is 50.8 Å². The molecule has 32 heavy (non-hydrogen) atoms. The number of carboxylic acids is 1. The fraction of sp³-hybridized carbons (Fsp3) is 0.739. The van der Waals surface area contributed by atoms with Gasteiger partial charge in [-0.15, -0.1) is 0 Å². The third-order valence-electron chi connectivity index (χ3n) is 7.50. The van der Waals surface area contributed by atoms with E-state index in [0.29, 0.717) is 30.7 Å². The third kappa shape index (κ3) is 3.70. The molecule has 176 valence electrons. The Hall–Kier alpha value is -2.42. The summed E-state index contributed by atoms with van der Waals surface area (Å²) in [6.07, 6.45) is 6.64. The lowest BCUT2D eigenvalue weighted by atomic mass is 9.58. The second-order valence-corrected chi connectivity index (χ2v) is 9.69. The number of aromatic amines is 1. The Kier molecular flexibility index (Phi) is 6.04. The number of carboxylic acid groups (broad SMARTS) is 1. The molecule has 2 heterocycles. The van der Waals surface area contributed by atoms with E-state index in [2.05, 4.69) is 4.98 Å². The van der Waals surface area contributed by atoms with E-state index >= 15 is 0 Å². The summed E-state index contributed by atoms with van der Waals surface area (Å²) < 4.78 is 9.09. The average Bonchev–Trinajstić information content (AvgIpc) is 3.25. The highest BCUT2D eigenvalue weighted by Crippen LogP contribution is 2.54. The zero-order valence-corrected chi connectivity index (χ0v) is 19.3. The summed E-state index contributed by atoms with van der Waals surface area (Å²) in [5, 5.41) is 9.15. The van der Waals surface area contributed by atoms with Crippen molar-refractivity contribution >= 4 is 17.1 Å². The van der Waals surface area contributed by atoms with Crippen LogP contribution in [0.4, 0.5) is 0 Å². The van der Waals surface area contributed by atoms with E-state index in [4.69, 9.17) is 14.8 Å². The van der Waals surface area contributed by atoms with Crippen molar-refractivity contribution in [3.8, 4) is 0 Å². The highest BCUT2D eigenvalue weighted by molar-refractivity contribution is 5.70. The maximum atomic E-state index is 13.1. The first-order valence-electron chi connectivity index (χ1n) is 11.9. The highest BCUT2D eigenvalue weighted by atomic mass is 16.5. The fourth-order valence-electron chi connectivity index (χ4n) is 5.36. The maximum Gasteiger partial charge on any atom is 0.332 e. The predicted octanol–water partition coefficient (Wildman–Crippen LogP) is 2.79. The lowest BCUT2D eigenvalue weighted by Crippen LogP contribution is -2.50. The van der Waals surface area contributed by atoms with Crippen LogP contribution in [-0.4, -0.2) is 42.4 Å². The van der Waals surface area contributed by atoms with Crippen molar-refractivity contribution < 1.29 is 14.6 Å². The smallest absolute Gasteiger partial charge is 0.332 e. The van der Waals surface area contributed by atoms with Gasteiger partial charge in [0.1, 0.15) is 11.3 Å². The minimum atomic E-state index is -0.837. The molecule has 2 bridgehead atoms. The topological polar surface area (TPSA) is 119 Å². The number of H-pyrrole nitrogens is 1. The van der Waals surface area contributed by atoms with Gasteiger partial charge in [-0.05, 0) is 58.3 Å². The molecule has 0 saturated heterocycles. The number of aliphatic carboxylic acids is 1. The summed E-state index contributed by atoms with van der Waals surface area (Å²) >= 11 is 0. The van der Waals surface area contributed by atoms with Gasteiger partial charge >= 0.3 is 11.7 Å². The number of fused-ring (bicyclic) bond motifs is 4. The lowest BCUT2D eigenvalue weighted by Gasteiger charge is -2.52. The van der Waals surface area contributed by atoms with Gasteiger partial charge in [0.05, 0.1) is 18.1 Å². The summed E-state index contributed by atoms with van der Waals surface area (Å²) in [5.41, 5.74) is -0.0968. The van der Waals surface area contributed by atoms with Crippen LogP contribution in [0, 0.1) is 5.92 Å². The van der Waals surface area contributed by atoms with Crippen LogP contribution >= 0.6 is 0 Å². The zero-order chi connectivity index (χ0) is 23.1. The molecule has 9 nitrogen and oxygen atoms in total. The molecule has 3 saturated carbocycles. The van der Waals surface area contributed by atoms with Crippen molar-refractivity contribution in [3.05, 3.63) is 26.7 Å². The van der Waals surface area contributed by atoms with Crippen LogP contribution in [0.25, 0.3) is 11.2 Å².